The van der Waals surface area contributed by atoms with Crippen LogP contribution in [0, 0.1) is 5.82 Å². The first-order chi connectivity index (χ1) is 11.9. The molecular formula is C17H15ClFNO5. The molecule has 0 unspecified atom stereocenters. The molecule has 2 rings (SSSR count). The van der Waals surface area contributed by atoms with Gasteiger partial charge >= 0.3 is 5.97 Å². The lowest BCUT2D eigenvalue weighted by atomic mass is 10.2. The Balaban J connectivity index is 1.98. The van der Waals surface area contributed by atoms with Crippen molar-refractivity contribution in [2.75, 3.05) is 26.1 Å². The Morgan fingerprint density at radius 3 is 2.28 bits per heavy atom. The summed E-state index contributed by atoms with van der Waals surface area (Å²) in [4.78, 5) is 23.9. The molecule has 0 aromatic heterocycles. The van der Waals surface area contributed by atoms with Crippen molar-refractivity contribution in [1.29, 1.82) is 0 Å². The van der Waals surface area contributed by atoms with Gasteiger partial charge in [0.2, 0.25) is 0 Å². The maximum Gasteiger partial charge on any atom is 0.338 e. The van der Waals surface area contributed by atoms with Crippen LogP contribution in [0.2, 0.25) is 5.02 Å². The van der Waals surface area contributed by atoms with Crippen molar-refractivity contribution in [2.24, 2.45) is 0 Å². The number of hydrogen-bond donors (Lipinski definition) is 1. The molecule has 2 aromatic rings. The Kier molecular flexibility index (Phi) is 6.19. The van der Waals surface area contributed by atoms with Crippen LogP contribution < -0.4 is 14.8 Å². The number of carbonyl (C=O) groups excluding carboxylic acids is 2. The number of rotatable bonds is 6. The second-order valence-electron chi connectivity index (χ2n) is 4.85. The highest BCUT2D eigenvalue weighted by molar-refractivity contribution is 6.33. The molecule has 0 bridgehead atoms. The number of esters is 1. The lowest BCUT2D eigenvalue weighted by Crippen LogP contribution is -2.21. The largest absolute Gasteiger partial charge is 0.497 e. The Labute approximate surface area is 148 Å². The zero-order chi connectivity index (χ0) is 18.4. The van der Waals surface area contributed by atoms with Crippen LogP contribution in [-0.4, -0.2) is 32.7 Å². The average molecular weight is 368 g/mol. The standard InChI is InChI=1S/C17H15ClFNO5/c1-23-12-5-10(6-13(8-12)24-2)17(22)25-9-16(21)20-15-4-3-11(19)7-14(15)18/h3-8H,9H2,1-2H3,(H,20,21). The number of carbonyl (C=O) groups is 2. The Bertz CT molecular complexity index is 774. The van der Waals surface area contributed by atoms with E-state index in [1.807, 2.05) is 0 Å². The predicted molar refractivity (Wildman–Crippen MR) is 89.9 cm³/mol. The summed E-state index contributed by atoms with van der Waals surface area (Å²) < 4.78 is 28.0. The Hall–Kier alpha value is -2.80. The van der Waals surface area contributed by atoms with Gasteiger partial charge < -0.3 is 19.5 Å². The molecule has 0 aliphatic rings. The van der Waals surface area contributed by atoms with Gasteiger partial charge in [0.15, 0.2) is 6.61 Å². The van der Waals surface area contributed by atoms with Crippen molar-refractivity contribution in [1.82, 2.24) is 0 Å². The average Bonchev–Trinajstić information content (AvgIpc) is 2.61. The molecule has 0 aliphatic heterocycles. The van der Waals surface area contributed by atoms with Crippen LogP contribution in [0.1, 0.15) is 10.4 Å². The third-order valence-corrected chi connectivity index (χ3v) is 3.44. The second-order valence-corrected chi connectivity index (χ2v) is 5.26. The smallest absolute Gasteiger partial charge is 0.338 e. The lowest BCUT2D eigenvalue weighted by molar-refractivity contribution is -0.119. The van der Waals surface area contributed by atoms with E-state index in [9.17, 15) is 14.0 Å². The molecular weight excluding hydrogens is 353 g/mol. The number of amides is 1. The van der Waals surface area contributed by atoms with Crippen LogP contribution >= 0.6 is 11.6 Å². The third-order valence-electron chi connectivity index (χ3n) is 3.13. The molecule has 0 radical (unpaired) electrons. The van der Waals surface area contributed by atoms with Gasteiger partial charge in [0, 0.05) is 6.07 Å². The molecule has 8 heteroatoms. The Morgan fingerprint density at radius 1 is 1.08 bits per heavy atom. The van der Waals surface area contributed by atoms with Gasteiger partial charge in [-0.05, 0) is 30.3 Å². The quantitative estimate of drug-likeness (QED) is 0.793. The van der Waals surface area contributed by atoms with Crippen molar-refractivity contribution in [3.8, 4) is 11.5 Å². The maximum atomic E-state index is 13.0. The number of ether oxygens (including phenoxy) is 3. The topological polar surface area (TPSA) is 73.9 Å². The van der Waals surface area contributed by atoms with E-state index in [-0.39, 0.29) is 16.3 Å². The summed E-state index contributed by atoms with van der Waals surface area (Å²) in [5.41, 5.74) is 0.385. The van der Waals surface area contributed by atoms with Crippen molar-refractivity contribution in [3.63, 3.8) is 0 Å². The van der Waals surface area contributed by atoms with Gasteiger partial charge in [0.1, 0.15) is 17.3 Å². The summed E-state index contributed by atoms with van der Waals surface area (Å²) in [7, 11) is 2.90. The van der Waals surface area contributed by atoms with Gasteiger partial charge in [-0.2, -0.15) is 0 Å². The van der Waals surface area contributed by atoms with E-state index in [0.29, 0.717) is 11.5 Å². The molecule has 1 amide bonds. The number of halogens is 2. The summed E-state index contributed by atoms with van der Waals surface area (Å²) in [6, 6.07) is 8.03. The number of hydrogen-bond acceptors (Lipinski definition) is 5. The zero-order valence-corrected chi connectivity index (χ0v) is 14.2. The fourth-order valence-corrected chi connectivity index (χ4v) is 2.13. The number of benzene rings is 2. The lowest BCUT2D eigenvalue weighted by Gasteiger charge is -2.10. The molecule has 2 aromatic carbocycles. The molecule has 132 valence electrons. The summed E-state index contributed by atoms with van der Waals surface area (Å²) in [6.45, 7) is -0.536. The third kappa shape index (κ3) is 5.09. The van der Waals surface area contributed by atoms with Crippen LogP contribution in [0.5, 0.6) is 11.5 Å². The summed E-state index contributed by atoms with van der Waals surface area (Å²) in [5, 5.41) is 2.46. The molecule has 25 heavy (non-hydrogen) atoms. The van der Waals surface area contributed by atoms with Crippen molar-refractivity contribution in [2.45, 2.75) is 0 Å². The summed E-state index contributed by atoms with van der Waals surface area (Å²) in [6.07, 6.45) is 0. The molecule has 0 atom stereocenters. The molecule has 0 aliphatic carbocycles. The highest BCUT2D eigenvalue weighted by Crippen LogP contribution is 2.24. The molecule has 0 spiro atoms. The molecule has 0 fully saturated rings. The number of methoxy groups -OCH3 is 2. The van der Waals surface area contributed by atoms with Crippen LogP contribution in [0.25, 0.3) is 0 Å². The minimum Gasteiger partial charge on any atom is -0.497 e. The van der Waals surface area contributed by atoms with Gasteiger partial charge in [0.25, 0.3) is 5.91 Å². The first kappa shape index (κ1) is 18.5. The van der Waals surface area contributed by atoms with Gasteiger partial charge in [-0.3, -0.25) is 4.79 Å². The maximum absolute atomic E-state index is 13.0. The van der Waals surface area contributed by atoms with E-state index in [1.54, 1.807) is 6.07 Å². The van der Waals surface area contributed by atoms with E-state index >= 15 is 0 Å². The fraction of sp³-hybridized carbons (Fsp3) is 0.176. The van der Waals surface area contributed by atoms with Crippen molar-refractivity contribution in [3.05, 3.63) is 52.8 Å². The van der Waals surface area contributed by atoms with Crippen molar-refractivity contribution < 1.29 is 28.2 Å². The fourth-order valence-electron chi connectivity index (χ4n) is 1.92. The van der Waals surface area contributed by atoms with E-state index in [2.05, 4.69) is 5.32 Å². The van der Waals surface area contributed by atoms with Crippen molar-refractivity contribution >= 4 is 29.2 Å². The summed E-state index contributed by atoms with van der Waals surface area (Å²) >= 11 is 5.81. The van der Waals surface area contributed by atoms with Gasteiger partial charge in [0.05, 0.1) is 30.5 Å². The van der Waals surface area contributed by atoms with Crippen LogP contribution in [0.3, 0.4) is 0 Å². The second kappa shape index (κ2) is 8.34. The van der Waals surface area contributed by atoms with Gasteiger partial charge in [-0.1, -0.05) is 11.6 Å². The normalized spacial score (nSPS) is 10.1. The Morgan fingerprint density at radius 2 is 1.72 bits per heavy atom. The van der Waals surface area contributed by atoms with E-state index in [0.717, 1.165) is 12.1 Å². The van der Waals surface area contributed by atoms with Crippen LogP contribution in [0.15, 0.2) is 36.4 Å². The SMILES string of the molecule is COc1cc(OC)cc(C(=O)OCC(=O)Nc2ccc(F)cc2Cl)c1. The first-order valence-electron chi connectivity index (χ1n) is 7.08. The van der Waals surface area contributed by atoms with E-state index in [1.165, 1.54) is 32.4 Å². The number of anilines is 1. The van der Waals surface area contributed by atoms with E-state index < -0.39 is 24.3 Å². The highest BCUT2D eigenvalue weighted by Gasteiger charge is 2.14. The van der Waals surface area contributed by atoms with Crippen LogP contribution in [0.4, 0.5) is 10.1 Å². The molecule has 6 nitrogen and oxygen atoms in total. The van der Waals surface area contributed by atoms with Gasteiger partial charge in [-0.25, -0.2) is 9.18 Å². The minimum absolute atomic E-state index is 0.0391. The first-order valence-corrected chi connectivity index (χ1v) is 7.46. The highest BCUT2D eigenvalue weighted by atomic mass is 35.5. The van der Waals surface area contributed by atoms with Gasteiger partial charge in [-0.15, -0.1) is 0 Å². The molecule has 0 saturated carbocycles. The zero-order valence-electron chi connectivity index (χ0n) is 13.5. The number of nitrogens with one attached hydrogen (secondary N) is 1. The summed E-state index contributed by atoms with van der Waals surface area (Å²) in [5.74, 6) is -1.04. The molecule has 1 N–H and O–H groups in total. The van der Waals surface area contributed by atoms with E-state index in [4.69, 9.17) is 25.8 Å². The molecule has 0 saturated heterocycles. The van der Waals surface area contributed by atoms with Crippen LogP contribution in [-0.2, 0) is 9.53 Å². The predicted octanol–water partition coefficient (Wildman–Crippen LogP) is 3.29. The minimum atomic E-state index is -0.724. The monoisotopic (exact) mass is 367 g/mol. The molecule has 0 heterocycles.